The molecule has 0 aliphatic heterocycles. The third-order valence-electron chi connectivity index (χ3n) is 2.42. The van der Waals surface area contributed by atoms with Gasteiger partial charge in [0.2, 0.25) is 0 Å². The third kappa shape index (κ3) is 4.42. The maximum atomic E-state index is 4.02. The van der Waals surface area contributed by atoms with Crippen LogP contribution in [0, 0.1) is 0 Å². The van der Waals surface area contributed by atoms with Gasteiger partial charge in [-0.1, -0.05) is 13.3 Å². The molecule has 0 aliphatic rings. The Hall–Kier alpha value is -0.830. The van der Waals surface area contributed by atoms with Crippen molar-refractivity contribution in [1.82, 2.24) is 14.9 Å². The van der Waals surface area contributed by atoms with Gasteiger partial charge in [-0.3, -0.25) is 0 Å². The second-order valence-electron chi connectivity index (χ2n) is 3.76. The lowest BCUT2D eigenvalue weighted by molar-refractivity contribution is 0.485. The van der Waals surface area contributed by atoms with Crippen molar-refractivity contribution in [2.24, 2.45) is 0 Å². The van der Waals surface area contributed by atoms with Gasteiger partial charge in [0.05, 0.1) is 6.33 Å². The normalized spacial score (nSPS) is 13.0. The van der Waals surface area contributed by atoms with Gasteiger partial charge in [-0.15, -0.1) is 0 Å². The number of nitrogens with one attached hydrogen (secondary N) is 1. The Morgan fingerprint density at radius 3 is 2.93 bits per heavy atom. The van der Waals surface area contributed by atoms with Crippen molar-refractivity contribution in [3.05, 3.63) is 18.7 Å². The molecule has 1 rings (SSSR count). The van der Waals surface area contributed by atoms with E-state index >= 15 is 0 Å². The van der Waals surface area contributed by atoms with Gasteiger partial charge in [-0.05, 0) is 26.3 Å². The molecular weight excluding hydrogens is 174 g/mol. The second kappa shape index (κ2) is 6.60. The predicted octanol–water partition coefficient (Wildman–Crippen LogP) is 2.05. The van der Waals surface area contributed by atoms with E-state index in [1.165, 1.54) is 19.3 Å². The maximum absolute atomic E-state index is 4.02. The summed E-state index contributed by atoms with van der Waals surface area (Å²) in [7, 11) is 0. The van der Waals surface area contributed by atoms with Crippen LogP contribution in [0.2, 0.25) is 0 Å². The molecule has 1 unspecified atom stereocenters. The zero-order valence-electron chi connectivity index (χ0n) is 9.24. The Bertz CT molecular complexity index is 218. The first-order chi connectivity index (χ1) is 6.83. The zero-order valence-corrected chi connectivity index (χ0v) is 9.24. The Morgan fingerprint density at radius 2 is 2.29 bits per heavy atom. The van der Waals surface area contributed by atoms with Gasteiger partial charge in [-0.25, -0.2) is 4.98 Å². The van der Waals surface area contributed by atoms with Gasteiger partial charge in [0.1, 0.15) is 0 Å². The Morgan fingerprint density at radius 1 is 1.43 bits per heavy atom. The number of aryl methyl sites for hydroxylation is 1. The van der Waals surface area contributed by atoms with Crippen molar-refractivity contribution in [2.45, 2.75) is 45.7 Å². The number of imidazole rings is 1. The van der Waals surface area contributed by atoms with Crippen molar-refractivity contribution < 1.29 is 0 Å². The zero-order chi connectivity index (χ0) is 10.2. The molecule has 1 aromatic rings. The first kappa shape index (κ1) is 11.2. The molecule has 0 aromatic carbocycles. The predicted molar refractivity (Wildman–Crippen MR) is 59.2 cm³/mol. The highest BCUT2D eigenvalue weighted by Crippen LogP contribution is 2.02. The molecule has 1 atom stereocenters. The molecule has 14 heavy (non-hydrogen) atoms. The van der Waals surface area contributed by atoms with Crippen LogP contribution >= 0.6 is 0 Å². The smallest absolute Gasteiger partial charge is 0.0945 e. The SMILES string of the molecule is CCNC(C)CCCCn1ccnc1. The number of rotatable bonds is 7. The summed E-state index contributed by atoms with van der Waals surface area (Å²) in [4.78, 5) is 4.02. The Kier molecular flexibility index (Phi) is 5.30. The van der Waals surface area contributed by atoms with E-state index in [0.717, 1.165) is 13.1 Å². The van der Waals surface area contributed by atoms with Crippen LogP contribution in [-0.4, -0.2) is 22.1 Å². The van der Waals surface area contributed by atoms with Crippen LogP contribution in [0.1, 0.15) is 33.1 Å². The Labute approximate surface area is 86.5 Å². The van der Waals surface area contributed by atoms with Crippen molar-refractivity contribution >= 4 is 0 Å². The van der Waals surface area contributed by atoms with Crippen molar-refractivity contribution in [3.8, 4) is 0 Å². The van der Waals surface area contributed by atoms with Crippen LogP contribution in [0.15, 0.2) is 18.7 Å². The van der Waals surface area contributed by atoms with Crippen LogP contribution < -0.4 is 5.32 Å². The van der Waals surface area contributed by atoms with Crippen LogP contribution in [0.4, 0.5) is 0 Å². The van der Waals surface area contributed by atoms with Gasteiger partial charge >= 0.3 is 0 Å². The van der Waals surface area contributed by atoms with E-state index < -0.39 is 0 Å². The summed E-state index contributed by atoms with van der Waals surface area (Å²) in [6.07, 6.45) is 9.53. The van der Waals surface area contributed by atoms with E-state index in [1.54, 1.807) is 0 Å². The Balaban J connectivity index is 1.99. The van der Waals surface area contributed by atoms with E-state index in [-0.39, 0.29) is 0 Å². The second-order valence-corrected chi connectivity index (χ2v) is 3.76. The molecule has 0 saturated carbocycles. The van der Waals surface area contributed by atoms with E-state index in [4.69, 9.17) is 0 Å². The highest BCUT2D eigenvalue weighted by atomic mass is 15.0. The number of unbranched alkanes of at least 4 members (excludes halogenated alkanes) is 1. The molecule has 3 heteroatoms. The molecule has 0 amide bonds. The van der Waals surface area contributed by atoms with Gasteiger partial charge in [0.15, 0.2) is 0 Å². The van der Waals surface area contributed by atoms with Gasteiger partial charge in [0.25, 0.3) is 0 Å². The quantitative estimate of drug-likeness (QED) is 0.675. The maximum Gasteiger partial charge on any atom is 0.0945 e. The van der Waals surface area contributed by atoms with Crippen LogP contribution in [0.3, 0.4) is 0 Å². The van der Waals surface area contributed by atoms with E-state index in [1.807, 2.05) is 18.7 Å². The molecule has 3 nitrogen and oxygen atoms in total. The molecule has 80 valence electrons. The van der Waals surface area contributed by atoms with Gasteiger partial charge in [0, 0.05) is 25.0 Å². The summed E-state index contributed by atoms with van der Waals surface area (Å²) in [5, 5.41) is 3.42. The molecular formula is C11H21N3. The summed E-state index contributed by atoms with van der Waals surface area (Å²) < 4.78 is 2.14. The monoisotopic (exact) mass is 195 g/mol. The standard InChI is InChI=1S/C11H21N3/c1-3-13-11(2)6-4-5-8-14-9-7-12-10-14/h7,9-11,13H,3-6,8H2,1-2H3. The lowest BCUT2D eigenvalue weighted by Gasteiger charge is -2.11. The van der Waals surface area contributed by atoms with E-state index in [9.17, 15) is 0 Å². The molecule has 1 N–H and O–H groups in total. The van der Waals surface area contributed by atoms with Crippen molar-refractivity contribution in [1.29, 1.82) is 0 Å². The van der Waals surface area contributed by atoms with Crippen LogP contribution in [0.25, 0.3) is 0 Å². The summed E-state index contributed by atoms with van der Waals surface area (Å²) >= 11 is 0. The number of hydrogen-bond donors (Lipinski definition) is 1. The average Bonchev–Trinajstić information content (AvgIpc) is 2.65. The summed E-state index contributed by atoms with van der Waals surface area (Å²) in [5.74, 6) is 0. The highest BCUT2D eigenvalue weighted by Gasteiger charge is 1.98. The van der Waals surface area contributed by atoms with E-state index in [2.05, 4.69) is 28.7 Å². The summed E-state index contributed by atoms with van der Waals surface area (Å²) in [5.41, 5.74) is 0. The third-order valence-corrected chi connectivity index (χ3v) is 2.42. The number of hydrogen-bond acceptors (Lipinski definition) is 2. The molecule has 1 aromatic heterocycles. The lowest BCUT2D eigenvalue weighted by Crippen LogP contribution is -2.25. The molecule has 0 bridgehead atoms. The van der Waals surface area contributed by atoms with Gasteiger partial charge < -0.3 is 9.88 Å². The fourth-order valence-electron chi connectivity index (χ4n) is 1.61. The highest BCUT2D eigenvalue weighted by molar-refractivity contribution is 4.73. The molecule has 0 radical (unpaired) electrons. The van der Waals surface area contributed by atoms with E-state index in [0.29, 0.717) is 6.04 Å². The minimum atomic E-state index is 0.655. The summed E-state index contributed by atoms with van der Waals surface area (Å²) in [6.45, 7) is 6.57. The van der Waals surface area contributed by atoms with Crippen LogP contribution in [-0.2, 0) is 6.54 Å². The number of nitrogens with zero attached hydrogens (tertiary/aromatic N) is 2. The summed E-state index contributed by atoms with van der Waals surface area (Å²) in [6, 6.07) is 0.655. The lowest BCUT2D eigenvalue weighted by atomic mass is 10.1. The van der Waals surface area contributed by atoms with Crippen molar-refractivity contribution in [3.63, 3.8) is 0 Å². The molecule has 1 heterocycles. The average molecular weight is 195 g/mol. The minimum Gasteiger partial charge on any atom is -0.337 e. The van der Waals surface area contributed by atoms with Gasteiger partial charge in [-0.2, -0.15) is 0 Å². The number of aromatic nitrogens is 2. The first-order valence-electron chi connectivity index (χ1n) is 5.52. The van der Waals surface area contributed by atoms with Crippen molar-refractivity contribution in [2.75, 3.05) is 6.54 Å². The van der Waals surface area contributed by atoms with Crippen LogP contribution in [0.5, 0.6) is 0 Å². The fraction of sp³-hybridized carbons (Fsp3) is 0.727. The first-order valence-corrected chi connectivity index (χ1v) is 5.52. The topological polar surface area (TPSA) is 29.9 Å². The molecule has 0 aliphatic carbocycles. The largest absolute Gasteiger partial charge is 0.337 e. The molecule has 0 saturated heterocycles. The minimum absolute atomic E-state index is 0.655. The molecule has 0 spiro atoms. The molecule has 0 fully saturated rings. The fourth-order valence-corrected chi connectivity index (χ4v) is 1.61.